The average Bonchev–Trinajstić information content (AvgIpc) is 2.38. The maximum atomic E-state index is 11.8. The largest absolute Gasteiger partial charge is 0.477 e. The number of allylic oxidation sites excluding steroid dienone is 1. The monoisotopic (exact) mass is 227 g/mol. The van der Waals surface area contributed by atoms with Crippen LogP contribution in [-0.4, -0.2) is 27.3 Å². The number of carboxylic acid groups (broad SMARTS) is 1. The molecule has 0 aliphatic carbocycles. The highest BCUT2D eigenvalue weighted by Crippen LogP contribution is 2.50. The van der Waals surface area contributed by atoms with Crippen LogP contribution in [0.2, 0.25) is 0 Å². The van der Waals surface area contributed by atoms with Crippen LogP contribution < -0.4 is 0 Å². The molecule has 1 fully saturated rings. The zero-order valence-electron chi connectivity index (χ0n) is 8.85. The van der Waals surface area contributed by atoms with E-state index in [0.717, 1.165) is 4.91 Å². The molecule has 0 aromatic carbocycles. The Balaban J connectivity index is 2.27. The lowest BCUT2D eigenvalue weighted by molar-refractivity contribution is -0.153. The number of fused-ring (bicyclic) bond motifs is 1. The van der Waals surface area contributed by atoms with Gasteiger partial charge in [0.1, 0.15) is 5.70 Å². The Labute approximate surface area is 92.3 Å². The van der Waals surface area contributed by atoms with Crippen molar-refractivity contribution < 1.29 is 14.7 Å². The molecule has 0 spiro atoms. The first-order valence-corrected chi connectivity index (χ1v) is 5.77. The van der Waals surface area contributed by atoms with E-state index >= 15 is 0 Å². The van der Waals surface area contributed by atoms with Gasteiger partial charge in [0, 0.05) is 4.91 Å². The molecule has 1 amide bonds. The molecule has 1 saturated heterocycles. The first-order valence-electron chi connectivity index (χ1n) is 4.89. The summed E-state index contributed by atoms with van der Waals surface area (Å²) in [6.45, 7) is 5.75. The average molecular weight is 227 g/mol. The Morgan fingerprint density at radius 2 is 2.13 bits per heavy atom. The van der Waals surface area contributed by atoms with Crippen molar-refractivity contribution in [3.8, 4) is 0 Å². The summed E-state index contributed by atoms with van der Waals surface area (Å²) in [4.78, 5) is 24.9. The van der Waals surface area contributed by atoms with E-state index in [1.165, 1.54) is 16.7 Å². The van der Waals surface area contributed by atoms with Crippen molar-refractivity contribution in [3.05, 3.63) is 10.6 Å². The molecule has 0 bridgehead atoms. The van der Waals surface area contributed by atoms with E-state index in [-0.39, 0.29) is 28.8 Å². The predicted molar refractivity (Wildman–Crippen MR) is 56.9 cm³/mol. The van der Waals surface area contributed by atoms with Gasteiger partial charge in [-0.1, -0.05) is 13.8 Å². The van der Waals surface area contributed by atoms with Crippen LogP contribution in [0.15, 0.2) is 10.6 Å². The molecular weight excluding hydrogens is 214 g/mol. The molecule has 4 nitrogen and oxygen atoms in total. The quantitative estimate of drug-likeness (QED) is 0.726. The normalized spacial score (nSPS) is 29.6. The molecule has 0 saturated carbocycles. The first-order chi connectivity index (χ1) is 6.95. The number of β-lactam (4-membered cyclic amide) rings is 1. The lowest BCUT2D eigenvalue weighted by Crippen LogP contribution is -2.59. The van der Waals surface area contributed by atoms with Crippen LogP contribution in [0, 0.1) is 11.8 Å². The molecule has 1 N–H and O–H groups in total. The summed E-state index contributed by atoms with van der Waals surface area (Å²) in [5, 5.41) is 9.00. The standard InChI is InChI=1S/C10H13NO3S/c1-4(2)6-8(12)11-7(10(13)14)5(3)15-9(6)11/h4,6,9H,1-3H3,(H,13,14)/t6?,9-/m1/s1. The van der Waals surface area contributed by atoms with Gasteiger partial charge in [-0.3, -0.25) is 9.69 Å². The van der Waals surface area contributed by atoms with Gasteiger partial charge in [0.25, 0.3) is 0 Å². The third-order valence-electron chi connectivity index (χ3n) is 2.88. The highest BCUT2D eigenvalue weighted by atomic mass is 32.2. The summed E-state index contributed by atoms with van der Waals surface area (Å²) in [6, 6.07) is 0. The van der Waals surface area contributed by atoms with E-state index in [2.05, 4.69) is 0 Å². The van der Waals surface area contributed by atoms with E-state index in [0.29, 0.717) is 0 Å². The summed E-state index contributed by atoms with van der Waals surface area (Å²) >= 11 is 1.50. The molecule has 0 aromatic heterocycles. The molecule has 15 heavy (non-hydrogen) atoms. The molecule has 2 atom stereocenters. The number of rotatable bonds is 2. The molecular formula is C10H13NO3S. The van der Waals surface area contributed by atoms with Gasteiger partial charge in [-0.25, -0.2) is 4.79 Å². The number of hydrogen-bond acceptors (Lipinski definition) is 3. The van der Waals surface area contributed by atoms with Crippen LogP contribution in [0.1, 0.15) is 20.8 Å². The lowest BCUT2D eigenvalue weighted by atomic mass is 9.86. The van der Waals surface area contributed by atoms with Gasteiger partial charge in [-0.15, -0.1) is 11.8 Å². The second-order valence-electron chi connectivity index (χ2n) is 4.20. The second-order valence-corrected chi connectivity index (χ2v) is 5.53. The lowest BCUT2D eigenvalue weighted by Gasteiger charge is -2.44. The number of carbonyl (C=O) groups excluding carboxylic acids is 1. The van der Waals surface area contributed by atoms with Gasteiger partial charge in [0.05, 0.1) is 11.3 Å². The Kier molecular flexibility index (Phi) is 2.30. The number of amides is 1. The van der Waals surface area contributed by atoms with Crippen molar-refractivity contribution in [2.45, 2.75) is 26.1 Å². The van der Waals surface area contributed by atoms with Crippen molar-refractivity contribution >= 4 is 23.6 Å². The van der Waals surface area contributed by atoms with Crippen LogP contribution >= 0.6 is 11.8 Å². The number of thioether (sulfide) groups is 1. The molecule has 0 radical (unpaired) electrons. The van der Waals surface area contributed by atoms with Crippen molar-refractivity contribution in [1.82, 2.24) is 4.90 Å². The van der Waals surface area contributed by atoms with Crippen LogP contribution in [0.5, 0.6) is 0 Å². The topological polar surface area (TPSA) is 57.6 Å². The molecule has 0 aromatic rings. The summed E-state index contributed by atoms with van der Waals surface area (Å²) in [7, 11) is 0. The molecule has 1 unspecified atom stereocenters. The van der Waals surface area contributed by atoms with E-state index < -0.39 is 5.97 Å². The molecule has 2 rings (SSSR count). The zero-order chi connectivity index (χ0) is 11.3. The fourth-order valence-corrected chi connectivity index (χ4v) is 3.68. The molecule has 82 valence electrons. The van der Waals surface area contributed by atoms with Gasteiger partial charge >= 0.3 is 5.97 Å². The smallest absolute Gasteiger partial charge is 0.353 e. The van der Waals surface area contributed by atoms with E-state index in [9.17, 15) is 9.59 Å². The van der Waals surface area contributed by atoms with Crippen molar-refractivity contribution in [3.63, 3.8) is 0 Å². The SMILES string of the molecule is CC1=C(C(=O)O)N2C(=O)C(C(C)C)[C@H]2S1. The predicted octanol–water partition coefficient (Wildman–Crippen LogP) is 1.49. The highest BCUT2D eigenvalue weighted by molar-refractivity contribution is 8.04. The van der Waals surface area contributed by atoms with Crippen LogP contribution in [0.25, 0.3) is 0 Å². The number of aliphatic carboxylic acids is 1. The molecule has 2 heterocycles. The van der Waals surface area contributed by atoms with Crippen molar-refractivity contribution in [1.29, 1.82) is 0 Å². The number of hydrogen-bond donors (Lipinski definition) is 1. The van der Waals surface area contributed by atoms with E-state index in [1.807, 2.05) is 13.8 Å². The summed E-state index contributed by atoms with van der Waals surface area (Å²) in [5.74, 6) is -0.802. The summed E-state index contributed by atoms with van der Waals surface area (Å²) < 4.78 is 0. The summed E-state index contributed by atoms with van der Waals surface area (Å²) in [6.07, 6.45) is 0. The number of carboxylic acids is 1. The zero-order valence-corrected chi connectivity index (χ0v) is 9.67. The Morgan fingerprint density at radius 3 is 2.60 bits per heavy atom. The maximum absolute atomic E-state index is 11.8. The van der Waals surface area contributed by atoms with Gasteiger partial charge in [-0.05, 0) is 12.8 Å². The Hall–Kier alpha value is -0.970. The van der Waals surface area contributed by atoms with Crippen molar-refractivity contribution in [2.24, 2.45) is 11.8 Å². The summed E-state index contributed by atoms with van der Waals surface area (Å²) in [5.41, 5.74) is 0.173. The van der Waals surface area contributed by atoms with Crippen molar-refractivity contribution in [2.75, 3.05) is 0 Å². The maximum Gasteiger partial charge on any atom is 0.353 e. The highest BCUT2D eigenvalue weighted by Gasteiger charge is 2.55. The minimum Gasteiger partial charge on any atom is -0.477 e. The number of nitrogens with zero attached hydrogens (tertiary/aromatic N) is 1. The van der Waals surface area contributed by atoms with Crippen LogP contribution in [0.4, 0.5) is 0 Å². The Morgan fingerprint density at radius 1 is 1.53 bits per heavy atom. The van der Waals surface area contributed by atoms with E-state index in [1.54, 1.807) is 6.92 Å². The van der Waals surface area contributed by atoms with Crippen LogP contribution in [0.3, 0.4) is 0 Å². The first kappa shape index (κ1) is 10.5. The molecule has 2 aliphatic heterocycles. The van der Waals surface area contributed by atoms with Gasteiger partial charge < -0.3 is 5.11 Å². The minimum absolute atomic E-state index is 0.0172. The van der Waals surface area contributed by atoms with E-state index in [4.69, 9.17) is 5.11 Å². The fourth-order valence-electron chi connectivity index (χ4n) is 2.12. The van der Waals surface area contributed by atoms with Crippen LogP contribution in [-0.2, 0) is 9.59 Å². The minimum atomic E-state index is -1.00. The van der Waals surface area contributed by atoms with Gasteiger partial charge in [-0.2, -0.15) is 0 Å². The van der Waals surface area contributed by atoms with Gasteiger partial charge in [0.15, 0.2) is 0 Å². The third-order valence-corrected chi connectivity index (χ3v) is 4.17. The molecule has 2 aliphatic rings. The second kappa shape index (κ2) is 3.27. The van der Waals surface area contributed by atoms with Gasteiger partial charge in [0.2, 0.25) is 5.91 Å². The third kappa shape index (κ3) is 1.29. The fraction of sp³-hybridized carbons (Fsp3) is 0.600. The number of carbonyl (C=O) groups is 2. The molecule has 5 heteroatoms. The Bertz CT molecular complexity index is 375.